The highest BCUT2D eigenvalue weighted by Gasteiger charge is 2.10. The maximum absolute atomic E-state index is 10.5. The molecule has 0 heterocycles. The van der Waals surface area contributed by atoms with Crippen molar-refractivity contribution in [2.75, 3.05) is 0 Å². The number of aromatic hydroxyl groups is 2. The molecule has 4 N–H and O–H groups in total. The van der Waals surface area contributed by atoms with Crippen LogP contribution >= 0.6 is 0 Å². The van der Waals surface area contributed by atoms with E-state index in [1.807, 2.05) is 0 Å². The Morgan fingerprint density at radius 2 is 1.82 bits per heavy atom. The molecule has 2 aromatic rings. The zero-order chi connectivity index (χ0) is 12.4. The van der Waals surface area contributed by atoms with Crippen molar-refractivity contribution in [3.8, 4) is 11.5 Å². The second kappa shape index (κ2) is 4.09. The normalized spacial score (nSPS) is 11.1. The van der Waals surface area contributed by atoms with Crippen LogP contribution in [0, 0.1) is 0 Å². The lowest BCUT2D eigenvalue weighted by Crippen LogP contribution is -2.01. The molecule has 0 spiro atoms. The number of benzene rings is 2. The van der Waals surface area contributed by atoms with E-state index in [1.165, 1.54) is 6.07 Å². The number of carbonyl (C=O) groups excluding carboxylic acids is 1. The third-order valence-corrected chi connectivity index (χ3v) is 2.23. The number of nitrogens with two attached hydrogens (primary N) is 1. The maximum atomic E-state index is 10.5. The van der Waals surface area contributed by atoms with E-state index < -0.39 is 6.03 Å². The Morgan fingerprint density at radius 1 is 1.18 bits per heavy atom. The third-order valence-electron chi connectivity index (χ3n) is 2.23. The summed E-state index contributed by atoms with van der Waals surface area (Å²) in [5, 5.41) is 27.0. The Balaban J connectivity index is 2.67. The van der Waals surface area contributed by atoms with Gasteiger partial charge in [-0.25, -0.2) is 4.79 Å². The SMILES string of the molecule is NC(=O)N=Nc1cc(O)c2ccccc2c1O. The van der Waals surface area contributed by atoms with Gasteiger partial charge in [0.2, 0.25) is 0 Å². The number of amides is 2. The quantitative estimate of drug-likeness (QED) is 0.517. The summed E-state index contributed by atoms with van der Waals surface area (Å²) in [5.41, 5.74) is 4.78. The summed E-state index contributed by atoms with van der Waals surface area (Å²) >= 11 is 0. The van der Waals surface area contributed by atoms with Crippen molar-refractivity contribution >= 4 is 22.5 Å². The van der Waals surface area contributed by atoms with Gasteiger partial charge in [0.25, 0.3) is 0 Å². The van der Waals surface area contributed by atoms with Gasteiger partial charge < -0.3 is 15.9 Å². The van der Waals surface area contributed by atoms with E-state index in [2.05, 4.69) is 10.2 Å². The number of phenolic OH excluding ortho intramolecular Hbond substituents is 2. The van der Waals surface area contributed by atoms with Gasteiger partial charge >= 0.3 is 6.03 Å². The summed E-state index contributed by atoms with van der Waals surface area (Å²) < 4.78 is 0. The second-order valence-electron chi connectivity index (χ2n) is 3.35. The van der Waals surface area contributed by atoms with E-state index >= 15 is 0 Å². The number of fused-ring (bicyclic) bond motifs is 1. The van der Waals surface area contributed by atoms with Crippen LogP contribution in [0.3, 0.4) is 0 Å². The van der Waals surface area contributed by atoms with Crippen LogP contribution in [0.5, 0.6) is 11.5 Å². The molecule has 0 radical (unpaired) electrons. The first kappa shape index (κ1) is 10.9. The van der Waals surface area contributed by atoms with Crippen molar-refractivity contribution in [2.24, 2.45) is 16.0 Å². The number of urea groups is 1. The van der Waals surface area contributed by atoms with Crippen LogP contribution in [-0.4, -0.2) is 16.2 Å². The molecule has 86 valence electrons. The first-order chi connectivity index (χ1) is 8.09. The minimum absolute atomic E-state index is 0.0139. The predicted molar refractivity (Wildman–Crippen MR) is 61.4 cm³/mol. The van der Waals surface area contributed by atoms with Gasteiger partial charge in [-0.1, -0.05) is 29.4 Å². The molecule has 0 atom stereocenters. The summed E-state index contributed by atoms with van der Waals surface area (Å²) in [6.45, 7) is 0. The van der Waals surface area contributed by atoms with Gasteiger partial charge in [0.05, 0.1) is 0 Å². The Labute approximate surface area is 96.0 Å². The number of carbonyl (C=O) groups is 1. The van der Waals surface area contributed by atoms with Gasteiger partial charge in [-0.2, -0.15) is 0 Å². The van der Waals surface area contributed by atoms with E-state index in [-0.39, 0.29) is 17.2 Å². The van der Waals surface area contributed by atoms with Crippen molar-refractivity contribution in [1.82, 2.24) is 0 Å². The standard InChI is InChI=1S/C11H9N3O3/c12-11(17)14-13-8-5-9(15)6-3-1-2-4-7(6)10(8)16/h1-5,15-16H,(H2,12,17). The van der Waals surface area contributed by atoms with Crippen LogP contribution in [0.1, 0.15) is 0 Å². The van der Waals surface area contributed by atoms with Crippen LogP contribution in [0.25, 0.3) is 10.8 Å². The second-order valence-corrected chi connectivity index (χ2v) is 3.35. The Morgan fingerprint density at radius 3 is 2.47 bits per heavy atom. The Kier molecular flexibility index (Phi) is 2.61. The average Bonchev–Trinajstić information content (AvgIpc) is 2.32. The lowest BCUT2D eigenvalue weighted by Gasteiger charge is -2.05. The molecule has 17 heavy (non-hydrogen) atoms. The van der Waals surface area contributed by atoms with Crippen molar-refractivity contribution in [2.45, 2.75) is 0 Å². The van der Waals surface area contributed by atoms with Crippen molar-refractivity contribution < 1.29 is 15.0 Å². The highest BCUT2D eigenvalue weighted by molar-refractivity contribution is 5.96. The lowest BCUT2D eigenvalue weighted by atomic mass is 10.1. The first-order valence-electron chi connectivity index (χ1n) is 4.74. The molecular formula is C11H9N3O3. The van der Waals surface area contributed by atoms with E-state index in [1.54, 1.807) is 24.3 Å². The molecular weight excluding hydrogens is 222 g/mol. The lowest BCUT2D eigenvalue weighted by molar-refractivity contribution is 0.255. The van der Waals surface area contributed by atoms with E-state index in [0.29, 0.717) is 10.8 Å². The minimum Gasteiger partial charge on any atom is -0.507 e. The van der Waals surface area contributed by atoms with E-state index in [9.17, 15) is 15.0 Å². The summed E-state index contributed by atoms with van der Waals surface area (Å²) in [6.07, 6.45) is 0. The maximum Gasteiger partial charge on any atom is 0.356 e. The zero-order valence-corrected chi connectivity index (χ0v) is 8.66. The third kappa shape index (κ3) is 2.00. The van der Waals surface area contributed by atoms with Gasteiger partial charge in [0.1, 0.15) is 11.4 Å². The van der Waals surface area contributed by atoms with Crippen molar-refractivity contribution in [3.63, 3.8) is 0 Å². The smallest absolute Gasteiger partial charge is 0.356 e. The molecule has 6 heteroatoms. The highest BCUT2D eigenvalue weighted by atomic mass is 16.3. The molecule has 2 amide bonds. The fourth-order valence-electron chi connectivity index (χ4n) is 1.51. The molecule has 0 saturated carbocycles. The Hall–Kier alpha value is -2.63. The summed E-state index contributed by atoms with van der Waals surface area (Å²) in [4.78, 5) is 10.5. The summed E-state index contributed by atoms with van der Waals surface area (Å²) in [5.74, 6) is -0.222. The molecule has 0 aliphatic heterocycles. The van der Waals surface area contributed by atoms with Gasteiger partial charge in [0, 0.05) is 16.8 Å². The fraction of sp³-hybridized carbons (Fsp3) is 0. The number of nitrogens with zero attached hydrogens (tertiary/aromatic N) is 2. The number of phenols is 2. The molecule has 2 rings (SSSR count). The zero-order valence-electron chi connectivity index (χ0n) is 8.66. The number of rotatable bonds is 1. The monoisotopic (exact) mass is 231 g/mol. The topological polar surface area (TPSA) is 108 Å². The molecule has 0 saturated heterocycles. The average molecular weight is 231 g/mol. The van der Waals surface area contributed by atoms with Crippen LogP contribution in [0.2, 0.25) is 0 Å². The van der Waals surface area contributed by atoms with Gasteiger partial charge in [-0.15, -0.1) is 5.11 Å². The molecule has 6 nitrogen and oxygen atoms in total. The van der Waals surface area contributed by atoms with Crippen LogP contribution in [0.15, 0.2) is 40.6 Å². The largest absolute Gasteiger partial charge is 0.507 e. The minimum atomic E-state index is -0.975. The molecule has 0 unspecified atom stereocenters. The summed E-state index contributed by atoms with van der Waals surface area (Å²) in [7, 11) is 0. The van der Waals surface area contributed by atoms with Crippen molar-refractivity contribution in [1.29, 1.82) is 0 Å². The highest BCUT2D eigenvalue weighted by Crippen LogP contribution is 2.40. The van der Waals surface area contributed by atoms with Gasteiger partial charge in [-0.05, 0) is 0 Å². The van der Waals surface area contributed by atoms with Crippen molar-refractivity contribution in [3.05, 3.63) is 30.3 Å². The predicted octanol–water partition coefficient (Wildman–Crippen LogP) is 2.41. The number of hydrogen-bond donors (Lipinski definition) is 3. The summed E-state index contributed by atoms with van der Waals surface area (Å²) in [6, 6.07) is 6.94. The molecule has 0 aliphatic rings. The molecule has 0 bridgehead atoms. The van der Waals surface area contributed by atoms with E-state index in [0.717, 1.165) is 0 Å². The Bertz CT molecular complexity index is 623. The molecule has 0 aromatic heterocycles. The van der Waals surface area contributed by atoms with Gasteiger partial charge in [0.15, 0.2) is 5.75 Å². The number of hydrogen-bond acceptors (Lipinski definition) is 4. The molecule has 0 aliphatic carbocycles. The van der Waals surface area contributed by atoms with Crippen LogP contribution < -0.4 is 5.73 Å². The van der Waals surface area contributed by atoms with Gasteiger partial charge in [-0.3, -0.25) is 0 Å². The van der Waals surface area contributed by atoms with E-state index in [4.69, 9.17) is 5.73 Å². The molecule has 0 fully saturated rings. The number of primary amides is 1. The molecule has 2 aromatic carbocycles. The fourth-order valence-corrected chi connectivity index (χ4v) is 1.51. The first-order valence-corrected chi connectivity index (χ1v) is 4.74. The van der Waals surface area contributed by atoms with Crippen LogP contribution in [0.4, 0.5) is 10.5 Å². The number of azo groups is 1. The van der Waals surface area contributed by atoms with Crippen LogP contribution in [-0.2, 0) is 0 Å².